The Morgan fingerprint density at radius 1 is 1.53 bits per heavy atom. The first-order chi connectivity index (χ1) is 7.04. The Labute approximate surface area is 111 Å². The highest BCUT2D eigenvalue weighted by atomic mass is 127. The van der Waals surface area contributed by atoms with Crippen molar-refractivity contribution in [1.82, 2.24) is 0 Å². The van der Waals surface area contributed by atoms with Crippen LogP contribution in [-0.2, 0) is 0 Å². The van der Waals surface area contributed by atoms with E-state index in [1.54, 1.807) is 6.21 Å². The minimum atomic E-state index is 0.129. The third-order valence-corrected chi connectivity index (χ3v) is 2.86. The maximum absolute atomic E-state index is 5.71. The molecule has 0 saturated carbocycles. The summed E-state index contributed by atoms with van der Waals surface area (Å²) in [6, 6.07) is 3.92. The smallest absolute Gasteiger partial charge is 0.141 e. The van der Waals surface area contributed by atoms with Gasteiger partial charge in [-0.05, 0) is 48.6 Å². The zero-order valence-electron chi connectivity index (χ0n) is 8.50. The van der Waals surface area contributed by atoms with Crippen molar-refractivity contribution in [3.8, 4) is 5.75 Å². The highest BCUT2D eigenvalue weighted by Gasteiger charge is 2.10. The van der Waals surface area contributed by atoms with E-state index in [1.807, 2.05) is 26.0 Å². The van der Waals surface area contributed by atoms with Crippen molar-refractivity contribution in [3.63, 3.8) is 0 Å². The summed E-state index contributed by atoms with van der Waals surface area (Å²) in [4.78, 5) is 0. The second kappa shape index (κ2) is 5.69. The molecule has 1 aromatic carbocycles. The van der Waals surface area contributed by atoms with Gasteiger partial charge in [0.05, 0.1) is 15.9 Å². The molecular formula is C10H12BrIN2O. The molecule has 0 aliphatic rings. The molecule has 0 bridgehead atoms. The lowest BCUT2D eigenvalue weighted by molar-refractivity contribution is 0.240. The molecule has 1 rings (SSSR count). The number of ether oxygens (including phenoxy) is 1. The topological polar surface area (TPSA) is 47.6 Å². The van der Waals surface area contributed by atoms with Gasteiger partial charge in [0.25, 0.3) is 0 Å². The molecule has 0 aromatic heterocycles. The summed E-state index contributed by atoms with van der Waals surface area (Å²) in [5.74, 6) is 5.98. The van der Waals surface area contributed by atoms with Crippen molar-refractivity contribution in [2.75, 3.05) is 0 Å². The van der Waals surface area contributed by atoms with E-state index in [-0.39, 0.29) is 6.10 Å². The molecule has 0 spiro atoms. The molecule has 0 fully saturated rings. The zero-order valence-corrected chi connectivity index (χ0v) is 12.2. The van der Waals surface area contributed by atoms with Gasteiger partial charge in [-0.1, -0.05) is 15.9 Å². The van der Waals surface area contributed by atoms with Crippen LogP contribution in [0.4, 0.5) is 0 Å². The summed E-state index contributed by atoms with van der Waals surface area (Å²) in [6.07, 6.45) is 1.72. The molecule has 15 heavy (non-hydrogen) atoms. The van der Waals surface area contributed by atoms with Crippen LogP contribution in [0.1, 0.15) is 19.4 Å². The van der Waals surface area contributed by atoms with Crippen molar-refractivity contribution in [3.05, 3.63) is 25.7 Å². The maximum Gasteiger partial charge on any atom is 0.141 e. The zero-order chi connectivity index (χ0) is 11.4. The van der Waals surface area contributed by atoms with Gasteiger partial charge in [0.2, 0.25) is 0 Å². The minimum absolute atomic E-state index is 0.129. The fraction of sp³-hybridized carbons (Fsp3) is 0.300. The van der Waals surface area contributed by atoms with Gasteiger partial charge in [-0.2, -0.15) is 5.10 Å². The van der Waals surface area contributed by atoms with E-state index in [9.17, 15) is 0 Å². The van der Waals surface area contributed by atoms with E-state index in [2.05, 4.69) is 43.6 Å². The number of hydrogen-bond acceptors (Lipinski definition) is 3. The number of benzene rings is 1. The van der Waals surface area contributed by atoms with Gasteiger partial charge >= 0.3 is 0 Å². The fourth-order valence-corrected chi connectivity index (χ4v) is 2.79. The Morgan fingerprint density at radius 2 is 2.20 bits per heavy atom. The number of nitrogens with zero attached hydrogens (tertiary/aromatic N) is 1. The number of halogens is 2. The molecular weight excluding hydrogens is 371 g/mol. The van der Waals surface area contributed by atoms with Gasteiger partial charge in [-0.25, -0.2) is 0 Å². The first kappa shape index (κ1) is 12.8. The van der Waals surface area contributed by atoms with Crippen LogP contribution in [-0.4, -0.2) is 12.3 Å². The van der Waals surface area contributed by atoms with Gasteiger partial charge in [0.15, 0.2) is 0 Å². The Morgan fingerprint density at radius 3 is 2.73 bits per heavy atom. The molecule has 1 aromatic rings. The Kier molecular flexibility index (Phi) is 4.85. The predicted octanol–water partition coefficient (Wildman–Crippen LogP) is 3.13. The van der Waals surface area contributed by atoms with Crippen LogP contribution in [0.5, 0.6) is 5.75 Å². The summed E-state index contributed by atoms with van der Waals surface area (Å²) in [5.41, 5.74) is 0.880. The Balaban J connectivity index is 3.20. The van der Waals surface area contributed by atoms with Gasteiger partial charge in [-0.3, -0.25) is 0 Å². The Hall–Kier alpha value is -0.300. The van der Waals surface area contributed by atoms with E-state index >= 15 is 0 Å². The third kappa shape index (κ3) is 3.64. The average Bonchev–Trinajstić information content (AvgIpc) is 2.11. The maximum atomic E-state index is 5.71. The normalized spacial score (nSPS) is 11.3. The quantitative estimate of drug-likeness (QED) is 0.378. The van der Waals surface area contributed by atoms with E-state index in [1.165, 1.54) is 0 Å². The average molecular weight is 383 g/mol. The van der Waals surface area contributed by atoms with Crippen LogP contribution in [0.25, 0.3) is 0 Å². The molecule has 0 unspecified atom stereocenters. The van der Waals surface area contributed by atoms with Crippen molar-refractivity contribution >= 4 is 44.7 Å². The van der Waals surface area contributed by atoms with E-state index < -0.39 is 0 Å². The summed E-state index contributed by atoms with van der Waals surface area (Å²) in [7, 11) is 0. The van der Waals surface area contributed by atoms with Gasteiger partial charge in [-0.15, -0.1) is 0 Å². The predicted molar refractivity (Wildman–Crippen MR) is 74.4 cm³/mol. The monoisotopic (exact) mass is 382 g/mol. The molecule has 5 heteroatoms. The van der Waals surface area contributed by atoms with Crippen LogP contribution >= 0.6 is 38.5 Å². The fourth-order valence-electron chi connectivity index (χ4n) is 1.12. The molecule has 0 heterocycles. The van der Waals surface area contributed by atoms with Crippen molar-refractivity contribution in [2.45, 2.75) is 20.0 Å². The molecule has 2 N–H and O–H groups in total. The highest BCUT2D eigenvalue weighted by Crippen LogP contribution is 2.29. The van der Waals surface area contributed by atoms with Crippen LogP contribution in [0.3, 0.4) is 0 Å². The standard InChI is InChI=1S/C10H12BrIN2O/c1-6(2)15-10-7(5-14-13)3-8(11)4-9(10)12/h3-6H,13H2,1-2H3. The number of hydrazone groups is 1. The highest BCUT2D eigenvalue weighted by molar-refractivity contribution is 14.1. The van der Waals surface area contributed by atoms with Crippen LogP contribution in [0.15, 0.2) is 21.7 Å². The molecule has 0 radical (unpaired) electrons. The van der Waals surface area contributed by atoms with E-state index in [4.69, 9.17) is 10.6 Å². The number of nitrogens with two attached hydrogens (primary N) is 1. The molecule has 0 aliphatic heterocycles. The number of hydrogen-bond donors (Lipinski definition) is 1. The van der Waals surface area contributed by atoms with Gasteiger partial charge < -0.3 is 10.6 Å². The van der Waals surface area contributed by atoms with Crippen molar-refractivity contribution in [2.24, 2.45) is 10.9 Å². The molecule has 0 saturated heterocycles. The molecule has 0 atom stereocenters. The first-order valence-corrected chi connectivity index (χ1v) is 6.30. The minimum Gasteiger partial charge on any atom is -0.489 e. The summed E-state index contributed by atoms with van der Waals surface area (Å²) in [6.45, 7) is 3.98. The Bertz CT molecular complexity index is 380. The van der Waals surface area contributed by atoms with Gasteiger partial charge in [0, 0.05) is 10.0 Å². The number of rotatable bonds is 3. The lowest BCUT2D eigenvalue weighted by atomic mass is 10.2. The van der Waals surface area contributed by atoms with Crippen LogP contribution in [0, 0.1) is 3.57 Å². The lowest BCUT2D eigenvalue weighted by Crippen LogP contribution is -2.09. The van der Waals surface area contributed by atoms with Crippen LogP contribution in [0.2, 0.25) is 0 Å². The van der Waals surface area contributed by atoms with Crippen LogP contribution < -0.4 is 10.6 Å². The summed E-state index contributed by atoms with van der Waals surface area (Å²) >= 11 is 5.65. The van der Waals surface area contributed by atoms with E-state index in [0.29, 0.717) is 0 Å². The largest absolute Gasteiger partial charge is 0.489 e. The second-order valence-corrected chi connectivity index (χ2v) is 5.33. The SMILES string of the molecule is CC(C)Oc1c(I)cc(Br)cc1C=NN. The second-order valence-electron chi connectivity index (χ2n) is 3.25. The molecule has 0 amide bonds. The third-order valence-electron chi connectivity index (χ3n) is 1.60. The first-order valence-electron chi connectivity index (χ1n) is 4.43. The molecule has 3 nitrogen and oxygen atoms in total. The molecule has 82 valence electrons. The van der Waals surface area contributed by atoms with Crippen molar-refractivity contribution in [1.29, 1.82) is 0 Å². The summed E-state index contributed by atoms with van der Waals surface area (Å²) < 4.78 is 7.73. The van der Waals surface area contributed by atoms with Crippen molar-refractivity contribution < 1.29 is 4.74 Å². The summed E-state index contributed by atoms with van der Waals surface area (Å²) in [5, 5.41) is 3.53. The van der Waals surface area contributed by atoms with E-state index in [0.717, 1.165) is 19.4 Å². The molecule has 0 aliphatic carbocycles. The lowest BCUT2D eigenvalue weighted by Gasteiger charge is -2.14. The van der Waals surface area contributed by atoms with Gasteiger partial charge in [0.1, 0.15) is 5.75 Å².